The number of halogens is 6. The molecule has 2 aromatic carbocycles. The van der Waals surface area contributed by atoms with E-state index in [4.69, 9.17) is 23.8 Å². The second kappa shape index (κ2) is 8.02. The highest BCUT2D eigenvalue weighted by Crippen LogP contribution is 2.28. The van der Waals surface area contributed by atoms with Crippen molar-refractivity contribution in [2.45, 2.75) is 0 Å². The molecule has 0 spiro atoms. The third-order valence-corrected chi connectivity index (χ3v) is 4.18. The zero-order chi connectivity index (χ0) is 21.3. The van der Waals surface area contributed by atoms with E-state index < -0.39 is 39.6 Å². The minimum Gasteiger partial charge on any atom is -0.339 e. The van der Waals surface area contributed by atoms with Crippen molar-refractivity contribution in [1.82, 2.24) is 10.2 Å². The largest absolute Gasteiger partial charge is 0.339 e. The molecule has 0 aliphatic rings. The monoisotopic (exact) mass is 443 g/mol. The van der Waals surface area contributed by atoms with Gasteiger partial charge in [-0.1, -0.05) is 29.9 Å². The van der Waals surface area contributed by atoms with Crippen LogP contribution in [-0.4, -0.2) is 15.2 Å². The maximum absolute atomic E-state index is 13.9. The number of anilines is 3. The van der Waals surface area contributed by atoms with E-state index >= 15 is 0 Å². The first-order valence-electron chi connectivity index (χ1n) is 7.58. The molecule has 1 heterocycles. The molecule has 0 bridgehead atoms. The quantitative estimate of drug-likeness (QED) is 0.225. The molecule has 0 saturated carbocycles. The van der Waals surface area contributed by atoms with Crippen LogP contribution in [0.1, 0.15) is 11.1 Å². The molecule has 0 fully saturated rings. The number of aromatic amines is 1. The summed E-state index contributed by atoms with van der Waals surface area (Å²) in [6.45, 7) is 0. The standard InChI is InChI=1S/C17H7ClF5N5S/c18-6-2-1-3-7(4-6)25-15-8(5-24)16(28-27-15)26-17(29)9-10(19)12(21)14(23)13(22)11(9)20/h1-4H,(H3,25,26,27,28,29). The van der Waals surface area contributed by atoms with Crippen LogP contribution in [0.4, 0.5) is 39.3 Å². The van der Waals surface area contributed by atoms with E-state index in [0.29, 0.717) is 10.7 Å². The number of H-pyrrole nitrogens is 1. The van der Waals surface area contributed by atoms with E-state index in [-0.39, 0.29) is 17.2 Å². The Morgan fingerprint density at radius 3 is 2.28 bits per heavy atom. The number of nitrogens with zero attached hydrogens (tertiary/aromatic N) is 2. The third-order valence-electron chi connectivity index (χ3n) is 3.64. The number of aromatic nitrogens is 2. The van der Waals surface area contributed by atoms with Crippen LogP contribution in [0.3, 0.4) is 0 Å². The molecule has 0 unspecified atom stereocenters. The molecule has 148 valence electrons. The molecule has 29 heavy (non-hydrogen) atoms. The Hall–Kier alpha value is -3.23. The van der Waals surface area contributed by atoms with E-state index in [1.807, 2.05) is 0 Å². The number of nitrogens with one attached hydrogen (secondary N) is 3. The van der Waals surface area contributed by atoms with Crippen LogP contribution >= 0.6 is 23.8 Å². The molecule has 0 amide bonds. The Balaban J connectivity index is 1.93. The van der Waals surface area contributed by atoms with Gasteiger partial charge < -0.3 is 10.6 Å². The molecule has 0 radical (unpaired) electrons. The Morgan fingerprint density at radius 2 is 1.69 bits per heavy atom. The summed E-state index contributed by atoms with van der Waals surface area (Å²) in [5.74, 6) is -11.0. The minimum atomic E-state index is -2.31. The highest BCUT2D eigenvalue weighted by Gasteiger charge is 2.28. The maximum atomic E-state index is 13.9. The summed E-state index contributed by atoms with van der Waals surface area (Å²) in [6.07, 6.45) is 0. The van der Waals surface area contributed by atoms with E-state index in [2.05, 4.69) is 20.8 Å². The highest BCUT2D eigenvalue weighted by atomic mass is 35.5. The van der Waals surface area contributed by atoms with Gasteiger partial charge in [0.25, 0.3) is 0 Å². The molecule has 1 aromatic heterocycles. The molecule has 3 rings (SSSR count). The second-order valence-electron chi connectivity index (χ2n) is 5.47. The Kier molecular flexibility index (Phi) is 5.67. The number of benzene rings is 2. The van der Waals surface area contributed by atoms with E-state index in [1.165, 1.54) is 0 Å². The predicted molar refractivity (Wildman–Crippen MR) is 99.6 cm³/mol. The number of nitriles is 1. The summed E-state index contributed by atoms with van der Waals surface area (Å²) in [5.41, 5.74) is -1.00. The molecule has 0 atom stereocenters. The fraction of sp³-hybridized carbons (Fsp3) is 0. The summed E-state index contributed by atoms with van der Waals surface area (Å²) >= 11 is 10.6. The van der Waals surface area contributed by atoms with Gasteiger partial charge in [0.2, 0.25) is 5.82 Å². The minimum absolute atomic E-state index is 0.0810. The summed E-state index contributed by atoms with van der Waals surface area (Å²) in [5, 5.41) is 21.0. The van der Waals surface area contributed by atoms with Crippen LogP contribution in [0.25, 0.3) is 0 Å². The van der Waals surface area contributed by atoms with Crippen molar-refractivity contribution in [3.05, 3.63) is 69.5 Å². The first-order valence-corrected chi connectivity index (χ1v) is 8.37. The molecular formula is C17H7ClF5N5S. The lowest BCUT2D eigenvalue weighted by molar-refractivity contribution is 0.377. The lowest BCUT2D eigenvalue weighted by Gasteiger charge is -2.10. The summed E-state index contributed by atoms with van der Waals surface area (Å²) < 4.78 is 67.7. The topological polar surface area (TPSA) is 76.5 Å². The molecule has 12 heteroatoms. The lowest BCUT2D eigenvalue weighted by Crippen LogP contribution is -2.19. The Bertz CT molecular complexity index is 1140. The summed E-state index contributed by atoms with van der Waals surface area (Å²) in [6, 6.07) is 8.25. The zero-order valence-corrected chi connectivity index (χ0v) is 15.5. The predicted octanol–water partition coefficient (Wildman–Crippen LogP) is 5.16. The molecule has 3 N–H and O–H groups in total. The van der Waals surface area contributed by atoms with Crippen molar-refractivity contribution >= 4 is 46.1 Å². The van der Waals surface area contributed by atoms with Crippen molar-refractivity contribution in [3.8, 4) is 6.07 Å². The number of rotatable bonds is 4. The van der Waals surface area contributed by atoms with Gasteiger partial charge in [-0.05, 0) is 18.2 Å². The third kappa shape index (κ3) is 3.85. The average molecular weight is 444 g/mol. The van der Waals surface area contributed by atoms with Crippen LogP contribution in [0.2, 0.25) is 5.02 Å². The van der Waals surface area contributed by atoms with Crippen LogP contribution in [0.5, 0.6) is 0 Å². The van der Waals surface area contributed by atoms with Crippen molar-refractivity contribution in [2.75, 3.05) is 10.6 Å². The first-order chi connectivity index (χ1) is 13.7. The van der Waals surface area contributed by atoms with Crippen molar-refractivity contribution < 1.29 is 22.0 Å². The molecule has 5 nitrogen and oxygen atoms in total. The summed E-state index contributed by atoms with van der Waals surface area (Å²) in [7, 11) is 0. The average Bonchev–Trinajstić information content (AvgIpc) is 3.06. The number of hydrogen-bond donors (Lipinski definition) is 3. The van der Waals surface area contributed by atoms with Gasteiger partial charge in [0.15, 0.2) is 29.1 Å². The van der Waals surface area contributed by atoms with Gasteiger partial charge >= 0.3 is 0 Å². The van der Waals surface area contributed by atoms with Gasteiger partial charge in [0.1, 0.15) is 22.4 Å². The number of thiocarbonyl (C=S) groups is 1. The fourth-order valence-electron chi connectivity index (χ4n) is 2.32. The Morgan fingerprint density at radius 1 is 1.07 bits per heavy atom. The van der Waals surface area contributed by atoms with Crippen LogP contribution in [0, 0.1) is 40.4 Å². The maximum Gasteiger partial charge on any atom is 0.200 e. The van der Waals surface area contributed by atoms with Gasteiger partial charge in [0, 0.05) is 10.7 Å². The van der Waals surface area contributed by atoms with Gasteiger partial charge in [-0.3, -0.25) is 5.10 Å². The number of hydrogen-bond acceptors (Lipinski definition) is 4. The summed E-state index contributed by atoms with van der Waals surface area (Å²) in [4.78, 5) is -0.852. The van der Waals surface area contributed by atoms with Crippen LogP contribution < -0.4 is 10.6 Å². The van der Waals surface area contributed by atoms with Gasteiger partial charge in [-0.2, -0.15) is 10.4 Å². The van der Waals surface area contributed by atoms with Crippen molar-refractivity contribution in [1.29, 1.82) is 5.26 Å². The normalized spacial score (nSPS) is 10.5. The van der Waals surface area contributed by atoms with Crippen LogP contribution in [0.15, 0.2) is 24.3 Å². The highest BCUT2D eigenvalue weighted by molar-refractivity contribution is 7.81. The fourth-order valence-corrected chi connectivity index (χ4v) is 2.78. The van der Waals surface area contributed by atoms with E-state index in [1.54, 1.807) is 30.3 Å². The second-order valence-corrected chi connectivity index (χ2v) is 6.31. The van der Waals surface area contributed by atoms with Crippen LogP contribution in [-0.2, 0) is 0 Å². The molecular weight excluding hydrogens is 437 g/mol. The van der Waals surface area contributed by atoms with Crippen molar-refractivity contribution in [2.24, 2.45) is 0 Å². The van der Waals surface area contributed by atoms with Gasteiger partial charge in [-0.15, -0.1) is 0 Å². The molecule has 3 aromatic rings. The van der Waals surface area contributed by atoms with Crippen molar-refractivity contribution in [3.63, 3.8) is 0 Å². The van der Waals surface area contributed by atoms with Gasteiger partial charge in [0.05, 0.1) is 5.56 Å². The van der Waals surface area contributed by atoms with E-state index in [9.17, 15) is 27.2 Å². The zero-order valence-electron chi connectivity index (χ0n) is 13.9. The lowest BCUT2D eigenvalue weighted by atomic mass is 10.1. The first kappa shape index (κ1) is 20.5. The van der Waals surface area contributed by atoms with Gasteiger partial charge in [-0.25, -0.2) is 22.0 Å². The van der Waals surface area contributed by atoms with E-state index in [0.717, 1.165) is 0 Å². The smallest absolute Gasteiger partial charge is 0.200 e. The SMILES string of the molecule is N#Cc1c(NC(=S)c2c(F)c(F)c(F)c(F)c2F)n[nH]c1Nc1cccc(Cl)c1. The Labute approximate surface area is 170 Å². The molecule has 0 aliphatic heterocycles. The molecule has 0 saturated heterocycles. The molecule has 0 aliphatic carbocycles.